The van der Waals surface area contributed by atoms with Crippen LogP contribution in [-0.4, -0.2) is 45.6 Å². The van der Waals surface area contributed by atoms with Gasteiger partial charge in [-0.15, -0.1) is 11.3 Å². The molecule has 0 amide bonds. The van der Waals surface area contributed by atoms with Gasteiger partial charge >= 0.3 is 5.97 Å². The average Bonchev–Trinajstić information content (AvgIpc) is 3.04. The van der Waals surface area contributed by atoms with E-state index in [0.717, 1.165) is 31.6 Å². The first-order valence-electron chi connectivity index (χ1n) is 7.68. The molecule has 0 unspecified atom stereocenters. The van der Waals surface area contributed by atoms with Crippen LogP contribution in [-0.2, 0) is 0 Å². The van der Waals surface area contributed by atoms with Crippen LogP contribution < -0.4 is 5.32 Å². The van der Waals surface area contributed by atoms with Crippen LogP contribution in [0.4, 0.5) is 10.9 Å². The number of carboxylic acids is 1. The van der Waals surface area contributed by atoms with E-state index in [1.165, 1.54) is 16.7 Å². The molecule has 24 heavy (non-hydrogen) atoms. The summed E-state index contributed by atoms with van der Waals surface area (Å²) >= 11 is 1.23. The summed E-state index contributed by atoms with van der Waals surface area (Å²) in [6.07, 6.45) is 2.11. The molecule has 1 aliphatic heterocycles. The Morgan fingerprint density at radius 3 is 3.12 bits per heavy atom. The SMILES string of the molecule is N#CCN1CCC[C@@H](c2cccc(Nc3nc(C(=O)O)cs3)n2)C1. The van der Waals surface area contributed by atoms with Gasteiger partial charge in [0.25, 0.3) is 0 Å². The van der Waals surface area contributed by atoms with E-state index in [1.807, 2.05) is 18.2 Å². The third-order valence-electron chi connectivity index (χ3n) is 3.95. The second-order valence-corrected chi connectivity index (χ2v) is 6.51. The number of nitriles is 1. The number of rotatable bonds is 5. The summed E-state index contributed by atoms with van der Waals surface area (Å²) in [7, 11) is 0. The van der Waals surface area contributed by atoms with E-state index in [2.05, 4.69) is 26.3 Å². The number of nitrogens with one attached hydrogen (secondary N) is 1. The maximum absolute atomic E-state index is 10.9. The quantitative estimate of drug-likeness (QED) is 0.805. The van der Waals surface area contributed by atoms with Gasteiger partial charge in [-0.05, 0) is 31.5 Å². The van der Waals surface area contributed by atoms with E-state index in [1.54, 1.807) is 0 Å². The Balaban J connectivity index is 1.71. The Hall–Kier alpha value is -2.50. The van der Waals surface area contributed by atoms with Crippen LogP contribution >= 0.6 is 11.3 Å². The summed E-state index contributed by atoms with van der Waals surface area (Å²) in [4.78, 5) is 21.7. The van der Waals surface area contributed by atoms with Crippen molar-refractivity contribution in [1.82, 2.24) is 14.9 Å². The van der Waals surface area contributed by atoms with Crippen LogP contribution in [0.25, 0.3) is 0 Å². The molecule has 2 N–H and O–H groups in total. The van der Waals surface area contributed by atoms with Gasteiger partial charge < -0.3 is 10.4 Å². The first kappa shape index (κ1) is 16.4. The van der Waals surface area contributed by atoms with Crippen LogP contribution in [0.15, 0.2) is 23.6 Å². The fourth-order valence-corrected chi connectivity index (χ4v) is 3.52. The van der Waals surface area contributed by atoms with Crippen LogP contribution in [0.5, 0.6) is 0 Å². The molecule has 1 saturated heterocycles. The molecule has 3 heterocycles. The monoisotopic (exact) mass is 343 g/mol. The third kappa shape index (κ3) is 3.88. The zero-order valence-electron chi connectivity index (χ0n) is 13.0. The van der Waals surface area contributed by atoms with Crippen LogP contribution in [0.3, 0.4) is 0 Å². The number of hydrogen-bond donors (Lipinski definition) is 2. The van der Waals surface area contributed by atoms with Gasteiger partial charge in [-0.1, -0.05) is 6.07 Å². The van der Waals surface area contributed by atoms with E-state index in [-0.39, 0.29) is 5.69 Å². The second kappa shape index (κ2) is 7.38. The number of piperidine rings is 1. The number of anilines is 2. The minimum absolute atomic E-state index is 0.0260. The Labute approximate surface area is 143 Å². The first-order chi connectivity index (χ1) is 11.7. The van der Waals surface area contributed by atoms with E-state index in [0.29, 0.717) is 23.4 Å². The van der Waals surface area contributed by atoms with Crippen molar-refractivity contribution < 1.29 is 9.90 Å². The zero-order valence-corrected chi connectivity index (χ0v) is 13.8. The standard InChI is InChI=1S/C16H17N5O2S/c17-6-8-21-7-2-3-11(9-21)12-4-1-5-14(18-12)20-16-19-13(10-24-16)15(22)23/h1,4-5,10-11H,2-3,7-9H2,(H,22,23)(H,18,19,20)/t11-/m1/s1. The van der Waals surface area contributed by atoms with Crippen LogP contribution in [0, 0.1) is 11.3 Å². The van der Waals surface area contributed by atoms with Gasteiger partial charge in [0.15, 0.2) is 10.8 Å². The van der Waals surface area contributed by atoms with E-state index < -0.39 is 5.97 Å². The fraction of sp³-hybridized carbons (Fsp3) is 0.375. The summed E-state index contributed by atoms with van der Waals surface area (Å²) in [5, 5.41) is 22.8. The number of carboxylic acid groups (broad SMARTS) is 1. The van der Waals surface area contributed by atoms with Gasteiger partial charge in [-0.25, -0.2) is 14.8 Å². The lowest BCUT2D eigenvalue weighted by Crippen LogP contribution is -2.34. The highest BCUT2D eigenvalue weighted by Crippen LogP contribution is 2.27. The first-order valence-corrected chi connectivity index (χ1v) is 8.56. The minimum Gasteiger partial charge on any atom is -0.476 e. The van der Waals surface area contributed by atoms with E-state index in [4.69, 9.17) is 10.4 Å². The Morgan fingerprint density at radius 1 is 1.50 bits per heavy atom. The molecule has 0 saturated carbocycles. The Kier molecular flexibility index (Phi) is 5.03. The molecule has 1 atom stereocenters. The summed E-state index contributed by atoms with van der Waals surface area (Å²) in [6.45, 7) is 2.25. The number of pyridine rings is 1. The second-order valence-electron chi connectivity index (χ2n) is 5.65. The summed E-state index contributed by atoms with van der Waals surface area (Å²) in [5.41, 5.74) is 1.01. The molecule has 2 aromatic rings. The number of likely N-dealkylation sites (tertiary alicyclic amines) is 1. The highest BCUT2D eigenvalue weighted by atomic mass is 32.1. The van der Waals surface area contributed by atoms with Gasteiger partial charge in [0.1, 0.15) is 5.82 Å². The van der Waals surface area contributed by atoms with Crippen molar-refractivity contribution in [2.24, 2.45) is 0 Å². The number of hydrogen-bond acceptors (Lipinski definition) is 7. The number of aromatic nitrogens is 2. The summed E-state index contributed by atoms with van der Waals surface area (Å²) in [6, 6.07) is 7.96. The number of nitrogens with zero attached hydrogens (tertiary/aromatic N) is 4. The topological polar surface area (TPSA) is 102 Å². The van der Waals surface area contributed by atoms with Gasteiger partial charge in [0.05, 0.1) is 12.6 Å². The highest BCUT2D eigenvalue weighted by molar-refractivity contribution is 7.14. The molecule has 0 spiro atoms. The molecular weight excluding hydrogens is 326 g/mol. The zero-order chi connectivity index (χ0) is 16.9. The highest BCUT2D eigenvalue weighted by Gasteiger charge is 2.22. The summed E-state index contributed by atoms with van der Waals surface area (Å²) < 4.78 is 0. The van der Waals surface area contributed by atoms with Crippen molar-refractivity contribution in [2.75, 3.05) is 25.0 Å². The molecule has 7 nitrogen and oxygen atoms in total. The van der Waals surface area contributed by atoms with Gasteiger partial charge in [-0.3, -0.25) is 4.90 Å². The molecule has 0 radical (unpaired) electrons. The molecule has 1 fully saturated rings. The smallest absolute Gasteiger partial charge is 0.355 e. The predicted molar refractivity (Wildman–Crippen MR) is 90.6 cm³/mol. The third-order valence-corrected chi connectivity index (χ3v) is 4.70. The molecule has 2 aromatic heterocycles. The molecular formula is C16H17N5O2S. The van der Waals surface area contributed by atoms with Crippen molar-refractivity contribution in [3.63, 3.8) is 0 Å². The van der Waals surface area contributed by atoms with Crippen molar-refractivity contribution in [3.05, 3.63) is 35.0 Å². The maximum atomic E-state index is 10.9. The lowest BCUT2D eigenvalue weighted by atomic mass is 9.94. The van der Waals surface area contributed by atoms with E-state index >= 15 is 0 Å². The Bertz CT molecular complexity index is 770. The van der Waals surface area contributed by atoms with Crippen molar-refractivity contribution in [3.8, 4) is 6.07 Å². The fourth-order valence-electron chi connectivity index (χ4n) is 2.83. The van der Waals surface area contributed by atoms with Gasteiger partial charge in [-0.2, -0.15) is 5.26 Å². The maximum Gasteiger partial charge on any atom is 0.355 e. The van der Waals surface area contributed by atoms with Gasteiger partial charge in [0.2, 0.25) is 0 Å². The molecule has 0 aromatic carbocycles. The normalized spacial score (nSPS) is 18.0. The molecule has 1 aliphatic rings. The molecule has 124 valence electrons. The molecule has 0 aliphatic carbocycles. The number of carbonyl (C=O) groups is 1. The number of thiazole rings is 1. The predicted octanol–water partition coefficient (Wildman–Crippen LogP) is 2.68. The molecule has 3 rings (SSSR count). The lowest BCUT2D eigenvalue weighted by Gasteiger charge is -2.30. The van der Waals surface area contributed by atoms with Crippen molar-refractivity contribution in [1.29, 1.82) is 5.26 Å². The van der Waals surface area contributed by atoms with Crippen LogP contribution in [0.2, 0.25) is 0 Å². The minimum atomic E-state index is -1.04. The largest absolute Gasteiger partial charge is 0.476 e. The van der Waals surface area contributed by atoms with Gasteiger partial charge in [0, 0.05) is 23.5 Å². The van der Waals surface area contributed by atoms with Crippen molar-refractivity contribution in [2.45, 2.75) is 18.8 Å². The summed E-state index contributed by atoms with van der Waals surface area (Å²) in [5.74, 6) is -0.0864. The van der Waals surface area contributed by atoms with Crippen molar-refractivity contribution >= 4 is 28.3 Å². The van der Waals surface area contributed by atoms with E-state index in [9.17, 15) is 4.79 Å². The molecule has 0 bridgehead atoms. The van der Waals surface area contributed by atoms with Crippen LogP contribution in [0.1, 0.15) is 34.9 Å². The average molecular weight is 343 g/mol. The Morgan fingerprint density at radius 2 is 2.38 bits per heavy atom. The molecule has 8 heteroatoms. The number of aromatic carboxylic acids is 1. The lowest BCUT2D eigenvalue weighted by molar-refractivity contribution is 0.0691.